The molecule has 0 bridgehead atoms. The summed E-state index contributed by atoms with van der Waals surface area (Å²) in [5.41, 5.74) is 8.88. The first-order valence-electron chi connectivity index (χ1n) is 6.33. The van der Waals surface area contributed by atoms with E-state index in [1.807, 2.05) is 13.1 Å². The summed E-state index contributed by atoms with van der Waals surface area (Å²) in [6, 6.07) is 13.5. The summed E-state index contributed by atoms with van der Waals surface area (Å²) in [5.74, 6) is -0.307. The SMILES string of the molecule is Cc1cccc(CN(C)Cc2cccc(N)c2F)c1. The second-order valence-corrected chi connectivity index (χ2v) is 4.98. The molecular weight excluding hydrogens is 239 g/mol. The molecule has 0 aromatic heterocycles. The smallest absolute Gasteiger partial charge is 0.150 e. The van der Waals surface area contributed by atoms with Gasteiger partial charge >= 0.3 is 0 Å². The zero-order valence-corrected chi connectivity index (χ0v) is 11.4. The lowest BCUT2D eigenvalue weighted by Gasteiger charge is -2.18. The zero-order chi connectivity index (χ0) is 13.8. The third kappa shape index (κ3) is 3.55. The van der Waals surface area contributed by atoms with Gasteiger partial charge in [0.05, 0.1) is 5.69 Å². The van der Waals surface area contributed by atoms with Gasteiger partial charge in [0.15, 0.2) is 5.82 Å². The highest BCUT2D eigenvalue weighted by Crippen LogP contribution is 2.17. The lowest BCUT2D eigenvalue weighted by Crippen LogP contribution is -2.18. The molecule has 2 aromatic carbocycles. The first-order chi connectivity index (χ1) is 9.06. The molecule has 0 amide bonds. The largest absolute Gasteiger partial charge is 0.396 e. The number of anilines is 1. The van der Waals surface area contributed by atoms with Crippen molar-refractivity contribution in [1.82, 2.24) is 4.90 Å². The summed E-state index contributed by atoms with van der Waals surface area (Å²) in [6.07, 6.45) is 0. The van der Waals surface area contributed by atoms with E-state index >= 15 is 0 Å². The highest BCUT2D eigenvalue weighted by Gasteiger charge is 2.08. The van der Waals surface area contributed by atoms with Crippen LogP contribution in [0.5, 0.6) is 0 Å². The molecule has 0 spiro atoms. The van der Waals surface area contributed by atoms with Crippen LogP contribution in [0.2, 0.25) is 0 Å². The molecule has 19 heavy (non-hydrogen) atoms. The van der Waals surface area contributed by atoms with E-state index in [-0.39, 0.29) is 11.5 Å². The second-order valence-electron chi connectivity index (χ2n) is 4.98. The van der Waals surface area contributed by atoms with Crippen molar-refractivity contribution in [3.05, 3.63) is 65.0 Å². The maximum atomic E-state index is 13.8. The molecule has 0 saturated heterocycles. The molecular formula is C16H19FN2. The van der Waals surface area contributed by atoms with Crippen LogP contribution in [-0.4, -0.2) is 11.9 Å². The first kappa shape index (κ1) is 13.6. The summed E-state index contributed by atoms with van der Waals surface area (Å²) >= 11 is 0. The molecule has 0 fully saturated rings. The Balaban J connectivity index is 2.05. The summed E-state index contributed by atoms with van der Waals surface area (Å²) in [6.45, 7) is 3.40. The van der Waals surface area contributed by atoms with Crippen LogP contribution in [0.1, 0.15) is 16.7 Å². The van der Waals surface area contributed by atoms with Gasteiger partial charge in [-0.2, -0.15) is 0 Å². The van der Waals surface area contributed by atoms with Gasteiger partial charge in [-0.25, -0.2) is 4.39 Å². The Labute approximate surface area is 113 Å². The van der Waals surface area contributed by atoms with Crippen LogP contribution in [0.15, 0.2) is 42.5 Å². The first-order valence-corrected chi connectivity index (χ1v) is 6.33. The molecule has 3 heteroatoms. The van der Waals surface area contributed by atoms with Crippen LogP contribution in [-0.2, 0) is 13.1 Å². The minimum atomic E-state index is -0.307. The summed E-state index contributed by atoms with van der Waals surface area (Å²) in [7, 11) is 1.98. The quantitative estimate of drug-likeness (QED) is 0.852. The van der Waals surface area contributed by atoms with Crippen molar-refractivity contribution >= 4 is 5.69 Å². The Morgan fingerprint density at radius 1 is 1.11 bits per heavy atom. The van der Waals surface area contributed by atoms with Gasteiger partial charge in [0.2, 0.25) is 0 Å². The van der Waals surface area contributed by atoms with Gasteiger partial charge in [-0.15, -0.1) is 0 Å². The number of hydrogen-bond donors (Lipinski definition) is 1. The molecule has 2 aromatic rings. The molecule has 2 N–H and O–H groups in total. The van der Waals surface area contributed by atoms with Crippen LogP contribution < -0.4 is 5.73 Å². The van der Waals surface area contributed by atoms with Gasteiger partial charge in [-0.1, -0.05) is 42.0 Å². The molecule has 2 rings (SSSR count). The van der Waals surface area contributed by atoms with Crippen molar-refractivity contribution in [1.29, 1.82) is 0 Å². The molecule has 2 nitrogen and oxygen atoms in total. The lowest BCUT2D eigenvalue weighted by atomic mass is 10.1. The van der Waals surface area contributed by atoms with Crippen molar-refractivity contribution in [2.45, 2.75) is 20.0 Å². The van der Waals surface area contributed by atoms with Gasteiger partial charge in [0.1, 0.15) is 0 Å². The third-order valence-electron chi connectivity index (χ3n) is 3.08. The minimum absolute atomic E-state index is 0.210. The Morgan fingerprint density at radius 3 is 2.58 bits per heavy atom. The standard InChI is InChI=1S/C16H19FN2/c1-12-5-3-6-13(9-12)10-19(2)11-14-7-4-8-15(18)16(14)17/h3-9H,10-11,18H2,1-2H3. The van der Waals surface area contributed by atoms with Gasteiger partial charge in [-0.05, 0) is 25.6 Å². The number of nitrogen functional groups attached to an aromatic ring is 1. The normalized spacial score (nSPS) is 10.9. The third-order valence-corrected chi connectivity index (χ3v) is 3.08. The van der Waals surface area contributed by atoms with Crippen LogP contribution in [0.25, 0.3) is 0 Å². The zero-order valence-electron chi connectivity index (χ0n) is 11.4. The fourth-order valence-electron chi connectivity index (χ4n) is 2.19. The number of halogens is 1. The number of rotatable bonds is 4. The van der Waals surface area contributed by atoms with Crippen LogP contribution >= 0.6 is 0 Å². The van der Waals surface area contributed by atoms with Gasteiger partial charge < -0.3 is 5.73 Å². The summed E-state index contributed by atoms with van der Waals surface area (Å²) < 4.78 is 13.8. The van der Waals surface area contributed by atoms with Gasteiger partial charge in [0.25, 0.3) is 0 Å². The molecule has 0 atom stereocenters. The van der Waals surface area contributed by atoms with E-state index in [4.69, 9.17) is 5.73 Å². The predicted octanol–water partition coefficient (Wildman–Crippen LogP) is 3.35. The van der Waals surface area contributed by atoms with E-state index in [9.17, 15) is 4.39 Å². The average Bonchev–Trinajstić information content (AvgIpc) is 2.35. The van der Waals surface area contributed by atoms with E-state index in [0.29, 0.717) is 12.1 Å². The molecule has 0 saturated carbocycles. The van der Waals surface area contributed by atoms with Gasteiger partial charge in [-0.3, -0.25) is 4.90 Å². The molecule has 0 aliphatic rings. The topological polar surface area (TPSA) is 29.3 Å². The number of hydrogen-bond acceptors (Lipinski definition) is 2. The highest BCUT2D eigenvalue weighted by molar-refractivity contribution is 5.42. The number of benzene rings is 2. The number of nitrogens with zero attached hydrogens (tertiary/aromatic N) is 1. The van der Waals surface area contributed by atoms with Crippen LogP contribution in [0.3, 0.4) is 0 Å². The van der Waals surface area contributed by atoms with Crippen molar-refractivity contribution in [2.75, 3.05) is 12.8 Å². The molecule has 0 radical (unpaired) electrons. The van der Waals surface area contributed by atoms with Crippen LogP contribution in [0, 0.1) is 12.7 Å². The Morgan fingerprint density at radius 2 is 1.84 bits per heavy atom. The van der Waals surface area contributed by atoms with Crippen molar-refractivity contribution in [3.63, 3.8) is 0 Å². The monoisotopic (exact) mass is 258 g/mol. The van der Waals surface area contributed by atoms with E-state index in [0.717, 1.165) is 6.54 Å². The molecule has 100 valence electrons. The van der Waals surface area contributed by atoms with Gasteiger partial charge in [0, 0.05) is 18.7 Å². The van der Waals surface area contributed by atoms with Crippen molar-refractivity contribution < 1.29 is 4.39 Å². The molecule has 0 aliphatic heterocycles. The maximum Gasteiger partial charge on any atom is 0.150 e. The highest BCUT2D eigenvalue weighted by atomic mass is 19.1. The van der Waals surface area contributed by atoms with E-state index < -0.39 is 0 Å². The number of aryl methyl sites for hydroxylation is 1. The second kappa shape index (κ2) is 5.85. The lowest BCUT2D eigenvalue weighted by molar-refractivity contribution is 0.314. The summed E-state index contributed by atoms with van der Waals surface area (Å²) in [5, 5.41) is 0. The van der Waals surface area contributed by atoms with Crippen molar-refractivity contribution in [2.24, 2.45) is 0 Å². The average molecular weight is 258 g/mol. The maximum absolute atomic E-state index is 13.8. The molecule has 0 heterocycles. The Hall–Kier alpha value is -1.87. The predicted molar refractivity (Wildman–Crippen MR) is 77.2 cm³/mol. The summed E-state index contributed by atoms with van der Waals surface area (Å²) in [4.78, 5) is 2.08. The van der Waals surface area contributed by atoms with E-state index in [1.165, 1.54) is 11.1 Å². The molecule has 0 unspecified atom stereocenters. The van der Waals surface area contributed by atoms with E-state index in [1.54, 1.807) is 18.2 Å². The Bertz CT molecular complexity index is 566. The fourth-order valence-corrected chi connectivity index (χ4v) is 2.19. The van der Waals surface area contributed by atoms with Crippen LogP contribution in [0.4, 0.5) is 10.1 Å². The van der Waals surface area contributed by atoms with Crippen molar-refractivity contribution in [3.8, 4) is 0 Å². The molecule has 0 aliphatic carbocycles. The fraction of sp³-hybridized carbons (Fsp3) is 0.250. The Kier molecular flexibility index (Phi) is 4.17. The number of nitrogens with two attached hydrogens (primary N) is 1. The van der Waals surface area contributed by atoms with E-state index in [2.05, 4.69) is 30.0 Å². The minimum Gasteiger partial charge on any atom is -0.396 e.